The van der Waals surface area contributed by atoms with Crippen LogP contribution < -0.4 is 25.4 Å². The number of carbonyl (C=O) groups excluding carboxylic acids is 4. The second-order valence-corrected chi connectivity index (χ2v) is 5.92. The minimum absolute atomic E-state index is 0.0852. The van der Waals surface area contributed by atoms with E-state index in [9.17, 15) is 19.2 Å². The zero-order chi connectivity index (χ0) is 18.9. The molecule has 3 N–H and O–H groups in total. The number of nitrogens with zero attached hydrogens (tertiary/aromatic N) is 1. The molecule has 26 heavy (non-hydrogen) atoms. The fourth-order valence-electron chi connectivity index (χ4n) is 2.76. The third-order valence-corrected chi connectivity index (χ3v) is 4.12. The summed E-state index contributed by atoms with van der Waals surface area (Å²) in [5.41, 5.74) is -0.865. The summed E-state index contributed by atoms with van der Waals surface area (Å²) in [6, 6.07) is 3.49. The van der Waals surface area contributed by atoms with Crippen LogP contribution in [0.2, 0.25) is 0 Å². The number of nitrogens with one attached hydrogen (secondary N) is 3. The molecule has 0 aromatic heterocycles. The first kappa shape index (κ1) is 17.5. The van der Waals surface area contributed by atoms with Crippen LogP contribution in [0.1, 0.15) is 19.4 Å². The maximum absolute atomic E-state index is 12.8. The Morgan fingerprint density at radius 1 is 1.27 bits per heavy atom. The number of rotatable bonds is 4. The zero-order valence-corrected chi connectivity index (χ0v) is 14.3. The fourth-order valence-corrected chi connectivity index (χ4v) is 2.76. The third kappa shape index (κ3) is 3.01. The second kappa shape index (κ2) is 6.54. The van der Waals surface area contributed by atoms with Crippen LogP contribution in [0.3, 0.4) is 0 Å². The number of imide groups is 2. The van der Waals surface area contributed by atoms with Gasteiger partial charge in [-0.3, -0.25) is 19.8 Å². The number of benzene rings is 1. The molecule has 1 aromatic carbocycles. The number of carbonyl (C=O) groups is 4. The van der Waals surface area contributed by atoms with Crippen molar-refractivity contribution in [2.75, 3.05) is 19.9 Å². The van der Waals surface area contributed by atoms with Crippen molar-refractivity contribution in [3.05, 3.63) is 23.8 Å². The normalized spacial score (nSPS) is 20.8. The average molecular weight is 362 g/mol. The maximum Gasteiger partial charge on any atom is 0.325 e. The predicted molar refractivity (Wildman–Crippen MR) is 87.4 cm³/mol. The Kier molecular flexibility index (Phi) is 4.41. The fraction of sp³-hybridized carbons (Fsp3) is 0.375. The summed E-state index contributed by atoms with van der Waals surface area (Å²) >= 11 is 0. The van der Waals surface area contributed by atoms with E-state index in [0.29, 0.717) is 23.6 Å². The van der Waals surface area contributed by atoms with E-state index in [1.807, 2.05) is 0 Å². The van der Waals surface area contributed by atoms with E-state index in [4.69, 9.17) is 9.47 Å². The van der Waals surface area contributed by atoms with Gasteiger partial charge in [-0.25, -0.2) is 9.59 Å². The highest BCUT2D eigenvalue weighted by Gasteiger charge is 2.50. The van der Waals surface area contributed by atoms with E-state index in [1.54, 1.807) is 25.1 Å². The van der Waals surface area contributed by atoms with Crippen molar-refractivity contribution in [3.63, 3.8) is 0 Å². The van der Waals surface area contributed by atoms with E-state index in [2.05, 4.69) is 16.0 Å². The van der Waals surface area contributed by atoms with E-state index in [1.165, 1.54) is 6.92 Å². The highest BCUT2D eigenvalue weighted by molar-refractivity contribution is 6.10. The molecule has 138 valence electrons. The van der Waals surface area contributed by atoms with Gasteiger partial charge in [-0.2, -0.15) is 0 Å². The number of urea groups is 2. The maximum atomic E-state index is 12.8. The summed E-state index contributed by atoms with van der Waals surface area (Å²) in [5.74, 6) is -0.354. The van der Waals surface area contributed by atoms with Gasteiger partial charge in [-0.05, 0) is 31.5 Å². The molecular formula is C16H18N4O6. The van der Waals surface area contributed by atoms with Crippen LogP contribution in [-0.2, 0) is 15.1 Å². The van der Waals surface area contributed by atoms with Gasteiger partial charge in [0.2, 0.25) is 12.7 Å². The SMILES string of the molecule is CCNC(=O)NC(=O)CN1C(=O)N[C@](C)(c2ccc3c(c2)OCO3)C1=O. The highest BCUT2D eigenvalue weighted by Crippen LogP contribution is 2.37. The molecule has 2 aliphatic rings. The van der Waals surface area contributed by atoms with Crippen molar-refractivity contribution in [3.8, 4) is 11.5 Å². The Hall–Kier alpha value is -3.30. The molecule has 2 aliphatic heterocycles. The molecule has 2 heterocycles. The lowest BCUT2D eigenvalue weighted by Gasteiger charge is -2.22. The zero-order valence-electron chi connectivity index (χ0n) is 14.3. The summed E-state index contributed by atoms with van der Waals surface area (Å²) in [6.07, 6.45) is 0. The Morgan fingerprint density at radius 2 is 2.00 bits per heavy atom. The van der Waals surface area contributed by atoms with E-state index < -0.39 is 36.0 Å². The largest absolute Gasteiger partial charge is 0.454 e. The molecule has 1 atom stereocenters. The van der Waals surface area contributed by atoms with Crippen LogP contribution in [0.25, 0.3) is 0 Å². The van der Waals surface area contributed by atoms with Gasteiger partial charge in [0.1, 0.15) is 12.1 Å². The third-order valence-electron chi connectivity index (χ3n) is 4.12. The molecule has 1 saturated heterocycles. The monoisotopic (exact) mass is 362 g/mol. The molecule has 10 nitrogen and oxygen atoms in total. The molecule has 0 aliphatic carbocycles. The summed E-state index contributed by atoms with van der Waals surface area (Å²) in [6.45, 7) is 3.08. The first-order chi connectivity index (χ1) is 12.3. The van der Waals surface area contributed by atoms with Crippen molar-refractivity contribution in [2.24, 2.45) is 0 Å². The minimum Gasteiger partial charge on any atom is -0.454 e. The van der Waals surface area contributed by atoms with E-state index in [-0.39, 0.29) is 6.79 Å². The van der Waals surface area contributed by atoms with Gasteiger partial charge in [0.05, 0.1) is 0 Å². The summed E-state index contributed by atoms with van der Waals surface area (Å²) in [5, 5.41) is 7.02. The molecule has 3 rings (SSSR count). The predicted octanol–water partition coefficient (Wildman–Crippen LogP) is 0.0280. The van der Waals surface area contributed by atoms with Crippen LogP contribution in [0.15, 0.2) is 18.2 Å². The molecule has 0 bridgehead atoms. The van der Waals surface area contributed by atoms with Gasteiger partial charge in [0.25, 0.3) is 5.91 Å². The lowest BCUT2D eigenvalue weighted by Crippen LogP contribution is -2.46. The Morgan fingerprint density at radius 3 is 2.73 bits per heavy atom. The molecule has 1 fully saturated rings. The van der Waals surface area contributed by atoms with Crippen LogP contribution in [0.5, 0.6) is 11.5 Å². The molecule has 1 aromatic rings. The average Bonchev–Trinajstić information content (AvgIpc) is 3.13. The molecule has 0 saturated carbocycles. The molecule has 0 radical (unpaired) electrons. The van der Waals surface area contributed by atoms with Gasteiger partial charge >= 0.3 is 12.1 Å². The van der Waals surface area contributed by atoms with Crippen LogP contribution in [0.4, 0.5) is 9.59 Å². The number of ether oxygens (including phenoxy) is 2. The smallest absolute Gasteiger partial charge is 0.325 e. The topological polar surface area (TPSA) is 126 Å². The van der Waals surface area contributed by atoms with E-state index in [0.717, 1.165) is 4.90 Å². The van der Waals surface area contributed by atoms with Crippen LogP contribution >= 0.6 is 0 Å². The number of hydrogen-bond donors (Lipinski definition) is 3. The van der Waals surface area contributed by atoms with Crippen molar-refractivity contribution in [1.82, 2.24) is 20.9 Å². The van der Waals surface area contributed by atoms with Crippen molar-refractivity contribution in [1.29, 1.82) is 0 Å². The Labute approximate surface area is 148 Å². The Balaban J connectivity index is 1.75. The summed E-state index contributed by atoms with van der Waals surface area (Å²) in [4.78, 5) is 49.0. The molecular weight excluding hydrogens is 344 g/mol. The van der Waals surface area contributed by atoms with Gasteiger partial charge < -0.3 is 20.1 Å². The number of amides is 6. The van der Waals surface area contributed by atoms with Gasteiger partial charge in [-0.1, -0.05) is 6.07 Å². The molecule has 0 spiro atoms. The van der Waals surface area contributed by atoms with Gasteiger partial charge in [-0.15, -0.1) is 0 Å². The number of hydrogen-bond acceptors (Lipinski definition) is 6. The Bertz CT molecular complexity index is 795. The first-order valence-corrected chi connectivity index (χ1v) is 7.97. The standard InChI is InChI=1S/C16H18N4O6/c1-3-17-14(23)18-12(21)7-20-13(22)16(2,19-15(20)24)9-4-5-10-11(6-9)26-8-25-10/h4-6H,3,7-8H2,1-2H3,(H,19,24)(H2,17,18,21,23)/t16-/m1/s1. The lowest BCUT2D eigenvalue weighted by atomic mass is 9.91. The van der Waals surface area contributed by atoms with Crippen LogP contribution in [-0.4, -0.2) is 48.7 Å². The molecule has 0 unspecified atom stereocenters. The summed E-state index contributed by atoms with van der Waals surface area (Å²) < 4.78 is 10.5. The van der Waals surface area contributed by atoms with Gasteiger partial charge in [0, 0.05) is 6.54 Å². The second-order valence-electron chi connectivity index (χ2n) is 5.92. The van der Waals surface area contributed by atoms with E-state index >= 15 is 0 Å². The van der Waals surface area contributed by atoms with Gasteiger partial charge in [0.15, 0.2) is 11.5 Å². The van der Waals surface area contributed by atoms with Crippen molar-refractivity contribution < 1.29 is 28.7 Å². The lowest BCUT2D eigenvalue weighted by molar-refractivity contribution is -0.134. The summed E-state index contributed by atoms with van der Waals surface area (Å²) in [7, 11) is 0. The van der Waals surface area contributed by atoms with Crippen molar-refractivity contribution >= 4 is 23.9 Å². The number of fused-ring (bicyclic) bond motifs is 1. The quantitative estimate of drug-likeness (QED) is 0.649. The van der Waals surface area contributed by atoms with Crippen molar-refractivity contribution in [2.45, 2.75) is 19.4 Å². The first-order valence-electron chi connectivity index (χ1n) is 7.97. The molecule has 10 heteroatoms. The molecule has 6 amide bonds. The van der Waals surface area contributed by atoms with Crippen LogP contribution in [0, 0.1) is 0 Å². The minimum atomic E-state index is -1.36. The highest BCUT2D eigenvalue weighted by atomic mass is 16.7.